The number of aliphatic hydroxyl groups excluding tert-OH is 5. The minimum Gasteiger partial charge on any atom is -0.394 e. The van der Waals surface area contributed by atoms with Crippen molar-refractivity contribution < 1.29 is 49.3 Å². The zero-order valence-electron chi connectivity index (χ0n) is 20.9. The SMILES string of the molecule is O=C1c2ccccc2C(=O)N1[C@H]1[C@H](OCc2ccccc2)O[C@H](CN[C@H]2CO[C@H](CO)[C@@H](O)[C@@H]2O)[C@@H](O)[C@@H]1O. The van der Waals surface area contributed by atoms with Gasteiger partial charge in [-0.15, -0.1) is 0 Å². The first kappa shape index (κ1) is 27.8. The number of fused-ring (bicyclic) bond motifs is 1. The standard InChI is InChI=1S/C27H32N2O10/c30-11-19-23(33)21(31)17(13-37-19)28-10-18-22(32)24(34)20(27(39-18)38-12-14-6-2-1-3-7-14)29-25(35)15-8-4-5-9-16(15)26(29)36/h1-9,17-24,27-28,30-34H,10-13H2/t17-,18+,19+,20+,21+,22+,23+,24+,27+/m0/s1. The Balaban J connectivity index is 1.35. The lowest BCUT2D eigenvalue weighted by molar-refractivity contribution is -0.277. The molecule has 12 heteroatoms. The zero-order chi connectivity index (χ0) is 27.7. The predicted molar refractivity (Wildman–Crippen MR) is 133 cm³/mol. The smallest absolute Gasteiger partial charge is 0.262 e. The lowest BCUT2D eigenvalue weighted by Crippen LogP contribution is -2.67. The van der Waals surface area contributed by atoms with E-state index in [0.29, 0.717) is 0 Å². The number of carbonyl (C=O) groups excluding carboxylic acids is 2. The first-order valence-corrected chi connectivity index (χ1v) is 12.8. The number of nitrogens with one attached hydrogen (secondary N) is 1. The van der Waals surface area contributed by atoms with Crippen molar-refractivity contribution in [2.24, 2.45) is 0 Å². The fraction of sp³-hybridized carbons (Fsp3) is 0.481. The van der Waals surface area contributed by atoms with E-state index in [4.69, 9.17) is 14.2 Å². The Bertz CT molecular complexity index is 1130. The van der Waals surface area contributed by atoms with Gasteiger partial charge in [-0.1, -0.05) is 42.5 Å². The van der Waals surface area contributed by atoms with Gasteiger partial charge in [0.05, 0.1) is 37.0 Å². The van der Waals surface area contributed by atoms with Crippen molar-refractivity contribution in [2.75, 3.05) is 19.8 Å². The third-order valence-electron chi connectivity index (χ3n) is 7.44. The van der Waals surface area contributed by atoms with Gasteiger partial charge in [-0.05, 0) is 17.7 Å². The summed E-state index contributed by atoms with van der Waals surface area (Å²) in [6.45, 7) is -0.542. The number of hydrogen-bond donors (Lipinski definition) is 6. The van der Waals surface area contributed by atoms with E-state index in [1.165, 1.54) is 12.1 Å². The normalized spacial score (nSPS) is 34.8. The number of amides is 2. The molecule has 2 saturated heterocycles. The molecule has 2 aromatic rings. The molecule has 0 bridgehead atoms. The van der Waals surface area contributed by atoms with Crippen LogP contribution in [0.2, 0.25) is 0 Å². The van der Waals surface area contributed by atoms with Gasteiger partial charge in [-0.25, -0.2) is 0 Å². The van der Waals surface area contributed by atoms with Crippen LogP contribution in [0.5, 0.6) is 0 Å². The molecule has 9 atom stereocenters. The third-order valence-corrected chi connectivity index (χ3v) is 7.44. The Morgan fingerprint density at radius 3 is 2.10 bits per heavy atom. The minimum atomic E-state index is -1.62. The van der Waals surface area contributed by atoms with Gasteiger partial charge in [0.15, 0.2) is 6.29 Å². The molecule has 0 saturated carbocycles. The highest BCUT2D eigenvalue weighted by atomic mass is 16.7. The molecule has 5 rings (SSSR count). The first-order valence-electron chi connectivity index (χ1n) is 12.8. The van der Waals surface area contributed by atoms with Crippen LogP contribution >= 0.6 is 0 Å². The largest absolute Gasteiger partial charge is 0.394 e. The molecule has 0 aromatic heterocycles. The van der Waals surface area contributed by atoms with Gasteiger partial charge in [-0.3, -0.25) is 14.5 Å². The van der Waals surface area contributed by atoms with Crippen molar-refractivity contribution in [3.63, 3.8) is 0 Å². The minimum absolute atomic E-state index is 0.0274. The van der Waals surface area contributed by atoms with Crippen molar-refractivity contribution in [1.82, 2.24) is 10.2 Å². The van der Waals surface area contributed by atoms with E-state index in [-0.39, 0.29) is 30.9 Å². The van der Waals surface area contributed by atoms with E-state index < -0.39 is 73.4 Å². The second-order valence-corrected chi connectivity index (χ2v) is 9.89. The van der Waals surface area contributed by atoms with Gasteiger partial charge in [0.25, 0.3) is 11.8 Å². The molecular weight excluding hydrogens is 512 g/mol. The Labute approximate surface area is 224 Å². The summed E-state index contributed by atoms with van der Waals surface area (Å²) >= 11 is 0. The summed E-state index contributed by atoms with van der Waals surface area (Å²) in [6.07, 6.45) is -9.05. The molecule has 39 heavy (non-hydrogen) atoms. The van der Waals surface area contributed by atoms with Crippen LogP contribution in [-0.4, -0.2) is 117 Å². The van der Waals surface area contributed by atoms with Crippen LogP contribution in [0.4, 0.5) is 0 Å². The van der Waals surface area contributed by atoms with Crippen LogP contribution in [-0.2, 0) is 20.8 Å². The average Bonchev–Trinajstić information content (AvgIpc) is 3.20. The highest BCUT2D eigenvalue weighted by Crippen LogP contribution is 2.33. The number of nitrogens with zero attached hydrogens (tertiary/aromatic N) is 1. The molecule has 210 valence electrons. The Hall–Kier alpha value is -2.78. The molecule has 3 heterocycles. The zero-order valence-corrected chi connectivity index (χ0v) is 20.9. The fourth-order valence-electron chi connectivity index (χ4n) is 5.22. The van der Waals surface area contributed by atoms with Crippen molar-refractivity contribution in [3.05, 3.63) is 71.3 Å². The molecule has 3 aliphatic rings. The van der Waals surface area contributed by atoms with E-state index in [9.17, 15) is 35.1 Å². The molecule has 2 fully saturated rings. The van der Waals surface area contributed by atoms with Crippen molar-refractivity contribution >= 4 is 11.8 Å². The number of benzene rings is 2. The van der Waals surface area contributed by atoms with E-state index in [1.807, 2.05) is 30.3 Å². The number of hydrogen-bond acceptors (Lipinski definition) is 11. The molecule has 0 radical (unpaired) electrons. The number of aliphatic hydroxyl groups is 5. The first-order chi connectivity index (χ1) is 18.8. The summed E-state index contributed by atoms with van der Waals surface area (Å²) in [7, 11) is 0. The Kier molecular flexibility index (Phi) is 8.38. The van der Waals surface area contributed by atoms with E-state index in [0.717, 1.165) is 10.5 Å². The molecule has 0 spiro atoms. The van der Waals surface area contributed by atoms with E-state index in [1.54, 1.807) is 12.1 Å². The lowest BCUT2D eigenvalue weighted by atomic mass is 9.94. The molecular formula is C27H32N2O10. The highest BCUT2D eigenvalue weighted by Gasteiger charge is 2.53. The summed E-state index contributed by atoms with van der Waals surface area (Å²) in [5.41, 5.74) is 1.15. The summed E-state index contributed by atoms with van der Waals surface area (Å²) in [5.74, 6) is -1.26. The second-order valence-electron chi connectivity index (χ2n) is 9.89. The van der Waals surface area contributed by atoms with Crippen LogP contribution in [0.15, 0.2) is 54.6 Å². The molecule has 0 unspecified atom stereocenters. The van der Waals surface area contributed by atoms with E-state index >= 15 is 0 Å². The predicted octanol–water partition coefficient (Wildman–Crippen LogP) is -1.61. The molecule has 2 amide bonds. The van der Waals surface area contributed by atoms with Crippen molar-refractivity contribution in [2.45, 2.75) is 61.6 Å². The molecule has 3 aliphatic heterocycles. The second kappa shape index (κ2) is 11.8. The number of carbonyl (C=O) groups is 2. The summed E-state index contributed by atoms with van der Waals surface area (Å²) in [4.78, 5) is 27.3. The molecule has 0 aliphatic carbocycles. The van der Waals surface area contributed by atoms with Crippen LogP contribution in [0.25, 0.3) is 0 Å². The molecule has 12 nitrogen and oxygen atoms in total. The van der Waals surface area contributed by atoms with Gasteiger partial charge in [0.1, 0.15) is 42.7 Å². The highest BCUT2D eigenvalue weighted by molar-refractivity contribution is 6.21. The van der Waals surface area contributed by atoms with Gasteiger partial charge in [0.2, 0.25) is 0 Å². The maximum Gasteiger partial charge on any atom is 0.262 e. The van der Waals surface area contributed by atoms with E-state index in [2.05, 4.69) is 5.32 Å². The van der Waals surface area contributed by atoms with Crippen LogP contribution < -0.4 is 5.32 Å². The third kappa shape index (κ3) is 5.35. The summed E-state index contributed by atoms with van der Waals surface area (Å²) in [6, 6.07) is 13.3. The molecule has 2 aromatic carbocycles. The quantitative estimate of drug-likeness (QED) is 0.211. The Morgan fingerprint density at radius 2 is 1.46 bits per heavy atom. The number of rotatable bonds is 8. The maximum atomic E-state index is 13.2. The van der Waals surface area contributed by atoms with Crippen LogP contribution in [0, 0.1) is 0 Å². The van der Waals surface area contributed by atoms with Crippen molar-refractivity contribution in [1.29, 1.82) is 0 Å². The summed E-state index contributed by atoms with van der Waals surface area (Å²) < 4.78 is 17.4. The van der Waals surface area contributed by atoms with Gasteiger partial charge < -0.3 is 45.1 Å². The van der Waals surface area contributed by atoms with Gasteiger partial charge in [-0.2, -0.15) is 0 Å². The topological polar surface area (TPSA) is 178 Å². The number of ether oxygens (including phenoxy) is 3. The van der Waals surface area contributed by atoms with Crippen molar-refractivity contribution in [3.8, 4) is 0 Å². The summed E-state index contributed by atoms with van der Waals surface area (Å²) in [5, 5.41) is 55.0. The van der Waals surface area contributed by atoms with Crippen LogP contribution in [0.1, 0.15) is 26.3 Å². The fourth-order valence-corrected chi connectivity index (χ4v) is 5.22. The van der Waals surface area contributed by atoms with Gasteiger partial charge >= 0.3 is 0 Å². The van der Waals surface area contributed by atoms with Crippen LogP contribution in [0.3, 0.4) is 0 Å². The Morgan fingerprint density at radius 1 is 0.846 bits per heavy atom. The maximum absolute atomic E-state index is 13.2. The average molecular weight is 545 g/mol. The lowest BCUT2D eigenvalue weighted by Gasteiger charge is -2.46. The molecule has 6 N–H and O–H groups in total. The van der Waals surface area contributed by atoms with Gasteiger partial charge in [0, 0.05) is 6.54 Å². The monoisotopic (exact) mass is 544 g/mol. The number of imide groups is 1.